The average molecular weight is 290 g/mol. The normalized spacial score (nSPS) is 21.8. The van der Waals surface area contributed by atoms with Gasteiger partial charge in [-0.3, -0.25) is 9.59 Å². The van der Waals surface area contributed by atoms with Gasteiger partial charge in [0.1, 0.15) is 5.75 Å². The predicted octanol–water partition coefficient (Wildman–Crippen LogP) is 3.44. The lowest BCUT2D eigenvalue weighted by atomic mass is 9.83. The lowest BCUT2D eigenvalue weighted by Gasteiger charge is -2.24. The standard InChI is InChI=1S/C17H22O4/c1-12-2-7-14(8-3-12)17(20)21-15-9-4-13(5-10-15)6-11-16(18)19/h4-5,9-10,12,14H,2-3,6-8,11H2,1H3,(H,18,19). The van der Waals surface area contributed by atoms with Crippen molar-refractivity contribution >= 4 is 11.9 Å². The first kappa shape index (κ1) is 15.5. The van der Waals surface area contributed by atoms with Gasteiger partial charge in [-0.1, -0.05) is 19.1 Å². The van der Waals surface area contributed by atoms with Crippen molar-refractivity contribution in [2.24, 2.45) is 11.8 Å². The highest BCUT2D eigenvalue weighted by Crippen LogP contribution is 2.29. The van der Waals surface area contributed by atoms with Crippen molar-refractivity contribution in [2.75, 3.05) is 0 Å². The fraction of sp³-hybridized carbons (Fsp3) is 0.529. The van der Waals surface area contributed by atoms with Crippen LogP contribution in [0.5, 0.6) is 5.75 Å². The molecule has 114 valence electrons. The number of aliphatic carboxylic acids is 1. The maximum absolute atomic E-state index is 12.1. The van der Waals surface area contributed by atoms with Crippen molar-refractivity contribution in [1.29, 1.82) is 0 Å². The van der Waals surface area contributed by atoms with E-state index < -0.39 is 5.97 Å². The molecule has 0 aliphatic heterocycles. The average Bonchev–Trinajstić information content (AvgIpc) is 2.47. The van der Waals surface area contributed by atoms with Gasteiger partial charge >= 0.3 is 11.9 Å². The van der Waals surface area contributed by atoms with Crippen LogP contribution in [0.25, 0.3) is 0 Å². The summed E-state index contributed by atoms with van der Waals surface area (Å²) in [5.74, 6) is 0.324. The van der Waals surface area contributed by atoms with E-state index >= 15 is 0 Å². The minimum Gasteiger partial charge on any atom is -0.481 e. The monoisotopic (exact) mass is 290 g/mol. The van der Waals surface area contributed by atoms with Crippen LogP contribution >= 0.6 is 0 Å². The number of carbonyl (C=O) groups is 2. The summed E-state index contributed by atoms with van der Waals surface area (Å²) < 4.78 is 5.41. The topological polar surface area (TPSA) is 63.6 Å². The summed E-state index contributed by atoms with van der Waals surface area (Å²) in [6.45, 7) is 2.22. The molecule has 4 nitrogen and oxygen atoms in total. The third-order valence-electron chi connectivity index (χ3n) is 4.12. The first-order chi connectivity index (χ1) is 10.0. The Morgan fingerprint density at radius 3 is 2.33 bits per heavy atom. The smallest absolute Gasteiger partial charge is 0.314 e. The van der Waals surface area contributed by atoms with Gasteiger partial charge in [-0.15, -0.1) is 0 Å². The van der Waals surface area contributed by atoms with Gasteiger partial charge in [-0.05, 0) is 55.7 Å². The SMILES string of the molecule is CC1CCC(C(=O)Oc2ccc(CCC(=O)O)cc2)CC1. The second kappa shape index (κ2) is 7.25. The molecule has 4 heteroatoms. The highest BCUT2D eigenvalue weighted by molar-refractivity contribution is 5.75. The molecule has 0 aromatic heterocycles. The number of rotatable bonds is 5. The lowest BCUT2D eigenvalue weighted by Crippen LogP contribution is -2.24. The molecule has 0 amide bonds. The molecule has 0 heterocycles. The van der Waals surface area contributed by atoms with Crippen molar-refractivity contribution in [3.8, 4) is 5.75 Å². The molecule has 1 aromatic rings. The second-order valence-electron chi connectivity index (χ2n) is 5.92. The number of hydrogen-bond acceptors (Lipinski definition) is 3. The van der Waals surface area contributed by atoms with Gasteiger partial charge in [0, 0.05) is 6.42 Å². The molecule has 0 bridgehead atoms. The number of carboxylic acids is 1. The number of carbonyl (C=O) groups excluding carboxylic acids is 1. The number of hydrogen-bond donors (Lipinski definition) is 1. The van der Waals surface area contributed by atoms with Crippen LogP contribution in [0.3, 0.4) is 0 Å². The third-order valence-corrected chi connectivity index (χ3v) is 4.12. The number of carboxylic acid groups (broad SMARTS) is 1. The minimum absolute atomic E-state index is 0.0212. The van der Waals surface area contributed by atoms with Crippen LogP contribution in [0.1, 0.15) is 44.6 Å². The molecule has 0 radical (unpaired) electrons. The van der Waals surface area contributed by atoms with E-state index in [2.05, 4.69) is 6.92 Å². The van der Waals surface area contributed by atoms with Crippen LogP contribution < -0.4 is 4.74 Å². The van der Waals surface area contributed by atoms with Crippen LogP contribution in [0.15, 0.2) is 24.3 Å². The van der Waals surface area contributed by atoms with Crippen LogP contribution in [-0.4, -0.2) is 17.0 Å². The van der Waals surface area contributed by atoms with E-state index in [1.807, 2.05) is 12.1 Å². The first-order valence-electron chi connectivity index (χ1n) is 7.57. The van der Waals surface area contributed by atoms with E-state index in [0.29, 0.717) is 18.1 Å². The minimum atomic E-state index is -0.808. The molecule has 1 N–H and O–H groups in total. The number of aryl methyl sites for hydroxylation is 1. The van der Waals surface area contributed by atoms with E-state index in [1.165, 1.54) is 0 Å². The Morgan fingerprint density at radius 2 is 1.76 bits per heavy atom. The highest BCUT2D eigenvalue weighted by Gasteiger charge is 2.25. The van der Waals surface area contributed by atoms with Gasteiger partial charge in [0.05, 0.1) is 5.92 Å². The Bertz CT molecular complexity index is 484. The van der Waals surface area contributed by atoms with Crippen molar-refractivity contribution in [3.05, 3.63) is 29.8 Å². The van der Waals surface area contributed by atoms with Crippen LogP contribution in [-0.2, 0) is 16.0 Å². The summed E-state index contributed by atoms with van der Waals surface area (Å²) in [6.07, 6.45) is 4.61. The van der Waals surface area contributed by atoms with E-state index in [4.69, 9.17) is 9.84 Å². The Morgan fingerprint density at radius 1 is 1.14 bits per heavy atom. The molecule has 0 unspecified atom stereocenters. The molecule has 2 rings (SSSR count). The highest BCUT2D eigenvalue weighted by atomic mass is 16.5. The van der Waals surface area contributed by atoms with E-state index in [0.717, 1.165) is 31.2 Å². The van der Waals surface area contributed by atoms with Gasteiger partial charge in [-0.2, -0.15) is 0 Å². The Kier molecular flexibility index (Phi) is 5.37. The molecule has 1 saturated carbocycles. The number of ether oxygens (including phenoxy) is 1. The van der Waals surface area contributed by atoms with E-state index in [9.17, 15) is 9.59 Å². The molecule has 0 spiro atoms. The van der Waals surface area contributed by atoms with Gasteiger partial charge in [0.15, 0.2) is 0 Å². The van der Waals surface area contributed by atoms with Crippen LogP contribution in [0.4, 0.5) is 0 Å². The van der Waals surface area contributed by atoms with Crippen LogP contribution in [0.2, 0.25) is 0 Å². The molecule has 1 fully saturated rings. The summed E-state index contributed by atoms with van der Waals surface area (Å²) >= 11 is 0. The van der Waals surface area contributed by atoms with Crippen LogP contribution in [0, 0.1) is 11.8 Å². The summed E-state index contributed by atoms with van der Waals surface area (Å²) in [5, 5.41) is 8.64. The Labute approximate surface area is 125 Å². The predicted molar refractivity (Wildman–Crippen MR) is 79.2 cm³/mol. The summed E-state index contributed by atoms with van der Waals surface area (Å²) in [6, 6.07) is 7.10. The molecule has 0 atom stereocenters. The maximum atomic E-state index is 12.1. The molecule has 0 saturated heterocycles. The van der Waals surface area contributed by atoms with Crippen molar-refractivity contribution in [3.63, 3.8) is 0 Å². The zero-order valence-corrected chi connectivity index (χ0v) is 12.4. The van der Waals surface area contributed by atoms with Gasteiger partial charge in [0.2, 0.25) is 0 Å². The summed E-state index contributed by atoms with van der Waals surface area (Å²) in [7, 11) is 0. The molecular weight excluding hydrogens is 268 g/mol. The summed E-state index contributed by atoms with van der Waals surface area (Å²) in [4.78, 5) is 22.6. The fourth-order valence-corrected chi connectivity index (χ4v) is 2.67. The fourth-order valence-electron chi connectivity index (χ4n) is 2.67. The largest absolute Gasteiger partial charge is 0.481 e. The zero-order valence-electron chi connectivity index (χ0n) is 12.4. The Balaban J connectivity index is 1.85. The molecular formula is C17H22O4. The molecule has 1 aliphatic carbocycles. The number of benzene rings is 1. The van der Waals surface area contributed by atoms with Gasteiger partial charge in [-0.25, -0.2) is 0 Å². The van der Waals surface area contributed by atoms with Crippen molar-refractivity contribution in [2.45, 2.75) is 45.4 Å². The van der Waals surface area contributed by atoms with Gasteiger partial charge in [0.25, 0.3) is 0 Å². The molecule has 1 aliphatic rings. The molecule has 21 heavy (non-hydrogen) atoms. The molecule has 1 aromatic carbocycles. The van der Waals surface area contributed by atoms with Crippen molar-refractivity contribution in [1.82, 2.24) is 0 Å². The van der Waals surface area contributed by atoms with E-state index in [-0.39, 0.29) is 18.3 Å². The van der Waals surface area contributed by atoms with Gasteiger partial charge < -0.3 is 9.84 Å². The summed E-state index contributed by atoms with van der Waals surface area (Å²) in [5.41, 5.74) is 0.934. The number of esters is 1. The lowest BCUT2D eigenvalue weighted by molar-refractivity contribution is -0.140. The Hall–Kier alpha value is -1.84. The third kappa shape index (κ3) is 4.88. The maximum Gasteiger partial charge on any atom is 0.314 e. The first-order valence-corrected chi connectivity index (χ1v) is 7.57. The van der Waals surface area contributed by atoms with Crippen molar-refractivity contribution < 1.29 is 19.4 Å². The second-order valence-corrected chi connectivity index (χ2v) is 5.92. The van der Waals surface area contributed by atoms with E-state index in [1.54, 1.807) is 12.1 Å². The zero-order chi connectivity index (χ0) is 15.2. The quantitative estimate of drug-likeness (QED) is 0.666.